The molecule has 0 aliphatic heterocycles. The third-order valence-corrected chi connectivity index (χ3v) is 5.46. The van der Waals surface area contributed by atoms with Crippen molar-refractivity contribution in [2.24, 2.45) is 5.92 Å². The molecule has 0 saturated heterocycles. The Labute approximate surface area is 165 Å². The molecule has 1 saturated carbocycles. The van der Waals surface area contributed by atoms with Crippen molar-refractivity contribution in [1.82, 2.24) is 15.1 Å². The molecule has 0 atom stereocenters. The van der Waals surface area contributed by atoms with Crippen LogP contribution < -0.4 is 10.6 Å². The number of hydrogen-bond donors (Lipinski definition) is 2. The van der Waals surface area contributed by atoms with E-state index in [0.29, 0.717) is 21.4 Å². The van der Waals surface area contributed by atoms with Crippen LogP contribution in [0.4, 0.5) is 5.00 Å². The normalized spacial score (nSPS) is 13.4. The molecule has 1 aromatic carbocycles. The van der Waals surface area contributed by atoms with Gasteiger partial charge in [-0.2, -0.15) is 5.10 Å². The van der Waals surface area contributed by atoms with Crippen LogP contribution >= 0.6 is 22.9 Å². The molecule has 138 valence electrons. The highest BCUT2D eigenvalue weighted by Crippen LogP contribution is 2.31. The Hall–Kier alpha value is -2.64. The van der Waals surface area contributed by atoms with Crippen LogP contribution in [0, 0.1) is 5.92 Å². The summed E-state index contributed by atoms with van der Waals surface area (Å²) < 4.78 is 1.73. The fourth-order valence-electron chi connectivity index (χ4n) is 2.55. The molecule has 2 aromatic heterocycles. The first-order valence-electron chi connectivity index (χ1n) is 8.57. The van der Waals surface area contributed by atoms with E-state index in [1.54, 1.807) is 35.1 Å². The lowest BCUT2D eigenvalue weighted by molar-refractivity contribution is -0.117. The Morgan fingerprint density at radius 2 is 1.96 bits per heavy atom. The highest BCUT2D eigenvalue weighted by Gasteiger charge is 2.29. The van der Waals surface area contributed by atoms with Crippen molar-refractivity contribution in [2.45, 2.75) is 19.4 Å². The summed E-state index contributed by atoms with van der Waals surface area (Å²) in [5.74, 6) is 0.00568. The number of anilines is 1. The Kier molecular flexibility index (Phi) is 4.96. The summed E-state index contributed by atoms with van der Waals surface area (Å²) in [5, 5.41) is 11.4. The van der Waals surface area contributed by atoms with Gasteiger partial charge in [0.1, 0.15) is 0 Å². The van der Waals surface area contributed by atoms with E-state index in [4.69, 9.17) is 11.6 Å². The maximum absolute atomic E-state index is 12.3. The fourth-order valence-corrected chi connectivity index (χ4v) is 3.50. The Balaban J connectivity index is 1.33. The van der Waals surface area contributed by atoms with E-state index >= 15 is 0 Å². The number of halogens is 1. The van der Waals surface area contributed by atoms with E-state index in [-0.39, 0.29) is 17.7 Å². The second-order valence-corrected chi connectivity index (χ2v) is 7.90. The van der Waals surface area contributed by atoms with Crippen molar-refractivity contribution < 1.29 is 9.59 Å². The monoisotopic (exact) mass is 400 g/mol. The number of rotatable bonds is 6. The summed E-state index contributed by atoms with van der Waals surface area (Å²) in [6.07, 6.45) is 5.48. The van der Waals surface area contributed by atoms with Gasteiger partial charge in [0.25, 0.3) is 5.91 Å². The molecule has 2 N–H and O–H groups in total. The third kappa shape index (κ3) is 4.37. The average Bonchev–Trinajstić information content (AvgIpc) is 3.24. The molecule has 27 heavy (non-hydrogen) atoms. The van der Waals surface area contributed by atoms with E-state index in [1.165, 1.54) is 11.3 Å². The number of hydrogen-bond acceptors (Lipinski definition) is 4. The van der Waals surface area contributed by atoms with E-state index in [1.807, 2.05) is 18.3 Å². The molecule has 1 fully saturated rings. The number of amides is 2. The van der Waals surface area contributed by atoms with Crippen LogP contribution in [-0.4, -0.2) is 21.6 Å². The molecule has 2 amide bonds. The molecule has 4 rings (SSSR count). The van der Waals surface area contributed by atoms with Crippen molar-refractivity contribution in [3.63, 3.8) is 0 Å². The second kappa shape index (κ2) is 7.54. The number of benzene rings is 1. The summed E-state index contributed by atoms with van der Waals surface area (Å²) in [5.41, 5.74) is 1.78. The zero-order valence-corrected chi connectivity index (χ0v) is 15.9. The summed E-state index contributed by atoms with van der Waals surface area (Å²) in [6, 6.07) is 10.8. The van der Waals surface area contributed by atoms with Crippen molar-refractivity contribution in [2.75, 3.05) is 5.32 Å². The smallest absolute Gasteiger partial charge is 0.261 e. The van der Waals surface area contributed by atoms with E-state index in [2.05, 4.69) is 15.7 Å². The molecule has 0 bridgehead atoms. The molecule has 0 unspecified atom stereocenters. The van der Waals surface area contributed by atoms with Gasteiger partial charge in [0, 0.05) is 29.2 Å². The number of nitrogens with one attached hydrogen (secondary N) is 2. The van der Waals surface area contributed by atoms with E-state index < -0.39 is 0 Å². The van der Waals surface area contributed by atoms with E-state index in [0.717, 1.165) is 24.1 Å². The van der Waals surface area contributed by atoms with Crippen LogP contribution in [0.15, 0.2) is 48.8 Å². The molecular formula is C19H17ClN4O2S. The van der Waals surface area contributed by atoms with Gasteiger partial charge in [0.05, 0.1) is 21.8 Å². The highest BCUT2D eigenvalue weighted by molar-refractivity contribution is 7.18. The summed E-state index contributed by atoms with van der Waals surface area (Å²) in [4.78, 5) is 24.7. The lowest BCUT2D eigenvalue weighted by atomic mass is 10.3. The largest absolute Gasteiger partial charge is 0.347 e. The first-order chi connectivity index (χ1) is 13.1. The van der Waals surface area contributed by atoms with Gasteiger partial charge in [0.2, 0.25) is 5.91 Å². The van der Waals surface area contributed by atoms with Crippen molar-refractivity contribution in [1.29, 1.82) is 0 Å². The topological polar surface area (TPSA) is 76.0 Å². The molecular weight excluding hydrogens is 384 g/mol. The molecule has 3 aromatic rings. The molecule has 1 aliphatic rings. The molecule has 8 heteroatoms. The zero-order chi connectivity index (χ0) is 18.8. The number of carbonyl (C=O) groups is 2. The molecule has 0 spiro atoms. The number of thiophene rings is 1. The fraction of sp³-hybridized carbons (Fsp3) is 0.211. The Morgan fingerprint density at radius 1 is 1.19 bits per heavy atom. The van der Waals surface area contributed by atoms with Gasteiger partial charge in [-0.05, 0) is 49.2 Å². The van der Waals surface area contributed by atoms with Crippen LogP contribution in [0.5, 0.6) is 0 Å². The van der Waals surface area contributed by atoms with Gasteiger partial charge in [-0.15, -0.1) is 11.3 Å². The first kappa shape index (κ1) is 17.8. The van der Waals surface area contributed by atoms with Crippen LogP contribution in [0.2, 0.25) is 5.02 Å². The lowest BCUT2D eigenvalue weighted by Gasteiger charge is -2.02. The molecule has 2 heterocycles. The summed E-state index contributed by atoms with van der Waals surface area (Å²) >= 11 is 7.17. The number of aromatic nitrogens is 2. The van der Waals surface area contributed by atoms with E-state index in [9.17, 15) is 9.59 Å². The summed E-state index contributed by atoms with van der Waals surface area (Å²) in [7, 11) is 0. The Morgan fingerprint density at radius 3 is 2.70 bits per heavy atom. The minimum absolute atomic E-state index is 0.0402. The van der Waals surface area contributed by atoms with Gasteiger partial charge in [-0.3, -0.25) is 9.59 Å². The third-order valence-electron chi connectivity index (χ3n) is 4.20. The van der Waals surface area contributed by atoms with Crippen LogP contribution in [-0.2, 0) is 11.3 Å². The SMILES string of the molecule is O=C(NCc1cnn(-c2ccc(Cl)cc2)c1)c1ccc(NC(=O)C2CC2)s1. The van der Waals surface area contributed by atoms with Gasteiger partial charge in [0.15, 0.2) is 0 Å². The maximum atomic E-state index is 12.3. The predicted molar refractivity (Wildman–Crippen MR) is 105 cm³/mol. The van der Waals surface area contributed by atoms with Crippen molar-refractivity contribution in [3.8, 4) is 5.69 Å². The van der Waals surface area contributed by atoms with Gasteiger partial charge in [-0.25, -0.2) is 4.68 Å². The van der Waals surface area contributed by atoms with Crippen LogP contribution in [0.1, 0.15) is 28.1 Å². The van der Waals surface area contributed by atoms with Gasteiger partial charge >= 0.3 is 0 Å². The maximum Gasteiger partial charge on any atom is 0.261 e. The molecule has 0 radical (unpaired) electrons. The zero-order valence-electron chi connectivity index (χ0n) is 14.3. The molecule has 1 aliphatic carbocycles. The average molecular weight is 401 g/mol. The number of carbonyl (C=O) groups excluding carboxylic acids is 2. The molecule has 6 nitrogen and oxygen atoms in total. The van der Waals surface area contributed by atoms with Crippen molar-refractivity contribution >= 4 is 39.8 Å². The van der Waals surface area contributed by atoms with Crippen molar-refractivity contribution in [3.05, 3.63) is 64.3 Å². The quantitative estimate of drug-likeness (QED) is 0.659. The second-order valence-electron chi connectivity index (χ2n) is 6.38. The predicted octanol–water partition coefficient (Wildman–Crippen LogP) is 3.87. The minimum atomic E-state index is -0.175. The Bertz CT molecular complexity index is 976. The van der Waals surface area contributed by atoms with Crippen LogP contribution in [0.25, 0.3) is 5.69 Å². The standard InChI is InChI=1S/C19H17ClN4O2S/c20-14-3-5-15(6-4-14)24-11-12(10-22-24)9-21-19(26)16-7-8-17(27-16)23-18(25)13-1-2-13/h3-8,10-11,13H,1-2,9H2,(H,21,26)(H,23,25). The number of nitrogens with zero attached hydrogens (tertiary/aromatic N) is 2. The lowest BCUT2D eigenvalue weighted by Crippen LogP contribution is -2.21. The van der Waals surface area contributed by atoms with Gasteiger partial charge < -0.3 is 10.6 Å². The van der Waals surface area contributed by atoms with Gasteiger partial charge in [-0.1, -0.05) is 11.6 Å². The first-order valence-corrected chi connectivity index (χ1v) is 9.76. The van der Waals surface area contributed by atoms with Crippen LogP contribution in [0.3, 0.4) is 0 Å². The highest BCUT2D eigenvalue weighted by atomic mass is 35.5. The minimum Gasteiger partial charge on any atom is -0.347 e. The summed E-state index contributed by atoms with van der Waals surface area (Å²) in [6.45, 7) is 0.369.